The van der Waals surface area contributed by atoms with Crippen LogP contribution in [0.25, 0.3) is 0 Å². The Labute approximate surface area is 112 Å². The van der Waals surface area contributed by atoms with Gasteiger partial charge in [0.2, 0.25) is 0 Å². The van der Waals surface area contributed by atoms with E-state index in [-0.39, 0.29) is 5.41 Å². The Morgan fingerprint density at radius 3 is 2.58 bits per heavy atom. The average molecular weight is 284 g/mol. The van der Waals surface area contributed by atoms with E-state index in [4.69, 9.17) is 0 Å². The molecule has 1 aromatic heterocycles. The molecule has 0 saturated carbocycles. The zero-order valence-corrected chi connectivity index (χ0v) is 11.4. The molecule has 2 fully saturated rings. The molecular formula is C12H16N2O4S. The highest BCUT2D eigenvalue weighted by molar-refractivity contribution is 8.25. The fourth-order valence-electron chi connectivity index (χ4n) is 2.86. The van der Waals surface area contributed by atoms with Crippen LogP contribution in [0.3, 0.4) is 0 Å². The molecule has 0 amide bonds. The Hall–Kier alpha value is -1.31. The predicted molar refractivity (Wildman–Crippen MR) is 72.8 cm³/mol. The van der Waals surface area contributed by atoms with Crippen molar-refractivity contribution < 1.29 is 18.6 Å². The van der Waals surface area contributed by atoms with E-state index < -0.39 is 16.6 Å². The lowest BCUT2D eigenvalue weighted by Crippen LogP contribution is -2.67. The summed E-state index contributed by atoms with van der Waals surface area (Å²) in [5.41, 5.74) is 0.501. The fraction of sp³-hybridized carbons (Fsp3) is 0.500. The van der Waals surface area contributed by atoms with Gasteiger partial charge in [0.15, 0.2) is 0 Å². The molecule has 3 rings (SSSR count). The lowest BCUT2D eigenvalue weighted by Gasteiger charge is -2.64. The van der Waals surface area contributed by atoms with Crippen LogP contribution in [0, 0.1) is 5.41 Å². The van der Waals surface area contributed by atoms with E-state index in [1.54, 1.807) is 12.1 Å². The Bertz CT molecular complexity index is 501. The van der Waals surface area contributed by atoms with Gasteiger partial charge in [-0.05, 0) is 12.1 Å². The van der Waals surface area contributed by atoms with Crippen LogP contribution in [0.15, 0.2) is 18.3 Å². The van der Waals surface area contributed by atoms with Crippen molar-refractivity contribution in [2.24, 2.45) is 5.41 Å². The maximum Gasteiger partial charge on any atom is 0.339 e. The van der Waals surface area contributed by atoms with Crippen LogP contribution >= 0.6 is 10.6 Å². The van der Waals surface area contributed by atoms with Crippen LogP contribution in [-0.4, -0.2) is 51.8 Å². The second-order valence-corrected chi connectivity index (χ2v) is 7.53. The molecule has 19 heavy (non-hydrogen) atoms. The predicted octanol–water partition coefficient (Wildman–Crippen LogP) is 1.44. The summed E-state index contributed by atoms with van der Waals surface area (Å²) in [7, 11) is -0.947. The van der Waals surface area contributed by atoms with Crippen molar-refractivity contribution in [1.82, 2.24) is 4.98 Å². The van der Waals surface area contributed by atoms with E-state index in [0.717, 1.165) is 18.9 Å². The summed E-state index contributed by atoms with van der Waals surface area (Å²) >= 11 is 0. The molecule has 0 atom stereocenters. The quantitative estimate of drug-likeness (QED) is 0.800. The largest absolute Gasteiger partial charge is 0.465 e. The minimum absolute atomic E-state index is 0.0710. The van der Waals surface area contributed by atoms with Crippen LogP contribution in [0.5, 0.6) is 0 Å². The van der Waals surface area contributed by atoms with E-state index in [0.29, 0.717) is 17.1 Å². The number of hydrogen-bond acceptors (Lipinski definition) is 6. The first-order chi connectivity index (χ1) is 8.93. The molecule has 2 N–H and O–H groups in total. The molecule has 3 heterocycles. The minimum Gasteiger partial charge on any atom is -0.465 e. The monoisotopic (exact) mass is 284 g/mol. The molecule has 2 aliphatic rings. The maximum atomic E-state index is 11.3. The van der Waals surface area contributed by atoms with E-state index in [1.807, 2.05) is 0 Å². The van der Waals surface area contributed by atoms with E-state index in [2.05, 4.69) is 14.6 Å². The first-order valence-electron chi connectivity index (χ1n) is 5.96. The van der Waals surface area contributed by atoms with Crippen molar-refractivity contribution in [2.75, 3.05) is 36.6 Å². The minimum atomic E-state index is -2.29. The number of pyridine rings is 1. The van der Waals surface area contributed by atoms with Crippen molar-refractivity contribution in [3.8, 4) is 0 Å². The lowest BCUT2D eigenvalue weighted by atomic mass is 9.83. The van der Waals surface area contributed by atoms with Crippen molar-refractivity contribution in [3.05, 3.63) is 23.9 Å². The summed E-state index contributed by atoms with van der Waals surface area (Å²) < 4.78 is 23.5. The summed E-state index contributed by atoms with van der Waals surface area (Å²) in [4.78, 5) is 17.6. The highest BCUT2D eigenvalue weighted by Gasteiger charge is 2.56. The zero-order chi connectivity index (χ0) is 13.7. The Kier molecular flexibility index (Phi) is 2.74. The van der Waals surface area contributed by atoms with Crippen molar-refractivity contribution in [3.63, 3.8) is 0 Å². The highest BCUT2D eigenvalue weighted by atomic mass is 32.3. The van der Waals surface area contributed by atoms with Crippen LogP contribution in [-0.2, 0) is 4.74 Å². The topological polar surface area (TPSA) is 82.9 Å². The molecule has 1 spiro atoms. The summed E-state index contributed by atoms with van der Waals surface area (Å²) in [6.07, 6.45) is 1.50. The molecule has 1 aromatic rings. The molecule has 0 radical (unpaired) electrons. The third-order valence-corrected chi connectivity index (χ3v) is 5.77. The summed E-state index contributed by atoms with van der Waals surface area (Å²) in [5.74, 6) is 1.43. The van der Waals surface area contributed by atoms with Gasteiger partial charge in [-0.3, -0.25) is 9.11 Å². The fourth-order valence-corrected chi connectivity index (χ4v) is 5.10. The number of carbonyl (C=O) groups excluding carboxylic acids is 1. The first kappa shape index (κ1) is 12.7. The van der Waals surface area contributed by atoms with Gasteiger partial charge >= 0.3 is 5.97 Å². The SMILES string of the molecule is COC(=O)c1ccc(N2CC3(C2)CS(O)(O)C3)nc1. The van der Waals surface area contributed by atoms with Gasteiger partial charge in [-0.1, -0.05) is 0 Å². The highest BCUT2D eigenvalue weighted by Crippen LogP contribution is 2.62. The van der Waals surface area contributed by atoms with Gasteiger partial charge in [-0.25, -0.2) is 9.78 Å². The molecule has 0 aliphatic carbocycles. The Balaban J connectivity index is 1.62. The molecular weight excluding hydrogens is 268 g/mol. The lowest BCUT2D eigenvalue weighted by molar-refractivity contribution is 0.0600. The zero-order valence-electron chi connectivity index (χ0n) is 10.6. The van der Waals surface area contributed by atoms with E-state index in [9.17, 15) is 13.9 Å². The normalized spacial score (nSPS) is 24.3. The van der Waals surface area contributed by atoms with Gasteiger partial charge < -0.3 is 9.64 Å². The average Bonchev–Trinajstić information content (AvgIpc) is 2.32. The molecule has 7 heteroatoms. The number of esters is 1. The van der Waals surface area contributed by atoms with Gasteiger partial charge in [-0.15, -0.1) is 0 Å². The molecule has 104 valence electrons. The maximum absolute atomic E-state index is 11.3. The third kappa shape index (κ3) is 2.18. The van der Waals surface area contributed by atoms with Crippen LogP contribution < -0.4 is 4.90 Å². The van der Waals surface area contributed by atoms with Gasteiger partial charge in [0.05, 0.1) is 12.7 Å². The number of carbonyl (C=O) groups is 1. The first-order valence-corrected chi connectivity index (χ1v) is 7.85. The molecule has 2 saturated heterocycles. The second kappa shape index (κ2) is 4.09. The number of ether oxygens (including phenoxy) is 1. The molecule has 0 aromatic carbocycles. The van der Waals surface area contributed by atoms with E-state index >= 15 is 0 Å². The smallest absolute Gasteiger partial charge is 0.339 e. The number of rotatable bonds is 2. The van der Waals surface area contributed by atoms with Crippen molar-refractivity contribution in [2.45, 2.75) is 0 Å². The number of aromatic nitrogens is 1. The molecule has 6 nitrogen and oxygen atoms in total. The van der Waals surface area contributed by atoms with Crippen molar-refractivity contribution >= 4 is 22.4 Å². The molecule has 0 unspecified atom stereocenters. The van der Waals surface area contributed by atoms with Gasteiger partial charge in [0, 0.05) is 36.2 Å². The van der Waals surface area contributed by atoms with Gasteiger partial charge in [0.1, 0.15) is 5.82 Å². The van der Waals surface area contributed by atoms with Crippen LogP contribution in [0.1, 0.15) is 10.4 Å². The number of hydrogen-bond donors (Lipinski definition) is 2. The summed E-state index contributed by atoms with van der Waals surface area (Å²) in [5, 5.41) is 0. The van der Waals surface area contributed by atoms with Crippen LogP contribution in [0.2, 0.25) is 0 Å². The Morgan fingerprint density at radius 2 is 2.11 bits per heavy atom. The molecule has 2 aliphatic heterocycles. The third-order valence-electron chi connectivity index (χ3n) is 3.62. The second-order valence-electron chi connectivity index (χ2n) is 5.34. The van der Waals surface area contributed by atoms with Gasteiger partial charge in [0.25, 0.3) is 0 Å². The van der Waals surface area contributed by atoms with Crippen molar-refractivity contribution in [1.29, 1.82) is 0 Å². The van der Waals surface area contributed by atoms with E-state index in [1.165, 1.54) is 13.3 Å². The standard InChI is InChI=1S/C12H16N2O4S/c1-18-11(15)9-2-3-10(13-4-9)14-5-12(6-14)7-19(16,17)8-12/h2-4,16-17H,5-8H2,1H3. The summed E-state index contributed by atoms with van der Waals surface area (Å²) in [6.45, 7) is 1.60. The number of nitrogens with zero attached hydrogens (tertiary/aromatic N) is 2. The summed E-state index contributed by atoms with van der Waals surface area (Å²) in [6, 6.07) is 3.48. The van der Waals surface area contributed by atoms with Gasteiger partial charge in [-0.2, -0.15) is 10.6 Å². The Morgan fingerprint density at radius 1 is 1.42 bits per heavy atom. The van der Waals surface area contributed by atoms with Crippen LogP contribution in [0.4, 0.5) is 5.82 Å². The number of anilines is 1. The number of methoxy groups -OCH3 is 1. The molecule has 0 bridgehead atoms.